The van der Waals surface area contributed by atoms with Gasteiger partial charge in [-0.25, -0.2) is 0 Å². The summed E-state index contributed by atoms with van der Waals surface area (Å²) in [5, 5.41) is 3.41. The fraction of sp³-hybridized carbons (Fsp3) is 0.533. The summed E-state index contributed by atoms with van der Waals surface area (Å²) in [7, 11) is 1.59. The van der Waals surface area contributed by atoms with Gasteiger partial charge in [0.05, 0.1) is 20.1 Å². The number of nitrogens with two attached hydrogens (primary N) is 1. The van der Waals surface area contributed by atoms with E-state index in [1.165, 1.54) is 0 Å². The fourth-order valence-corrected chi connectivity index (χ4v) is 1.57. The molecule has 20 heavy (non-hydrogen) atoms. The van der Waals surface area contributed by atoms with Crippen LogP contribution in [0.1, 0.15) is 32.8 Å². The second-order valence-electron chi connectivity index (χ2n) is 5.65. The van der Waals surface area contributed by atoms with Crippen LogP contribution in [0.15, 0.2) is 18.2 Å². The zero-order valence-corrected chi connectivity index (χ0v) is 12.7. The minimum Gasteiger partial charge on any atom is -0.493 e. The summed E-state index contributed by atoms with van der Waals surface area (Å²) in [6, 6.07) is 5.75. The average molecular weight is 280 g/mol. The van der Waals surface area contributed by atoms with Crippen molar-refractivity contribution in [3.8, 4) is 11.5 Å². The number of carbonyl (C=O) groups is 1. The molecule has 0 spiro atoms. The van der Waals surface area contributed by atoms with Gasteiger partial charge in [0.25, 0.3) is 0 Å². The van der Waals surface area contributed by atoms with E-state index in [0.717, 1.165) is 12.1 Å². The van der Waals surface area contributed by atoms with E-state index < -0.39 is 0 Å². The maximum atomic E-state index is 10.7. The van der Waals surface area contributed by atoms with E-state index in [1.807, 2.05) is 18.2 Å². The highest BCUT2D eigenvalue weighted by molar-refractivity contribution is 5.73. The van der Waals surface area contributed by atoms with Gasteiger partial charge in [-0.1, -0.05) is 6.07 Å². The first-order valence-electron chi connectivity index (χ1n) is 6.65. The number of primary amides is 1. The van der Waals surface area contributed by atoms with Gasteiger partial charge in [-0.2, -0.15) is 0 Å². The van der Waals surface area contributed by atoms with Gasteiger partial charge in [-0.05, 0) is 38.5 Å². The maximum absolute atomic E-state index is 10.7. The molecule has 0 saturated heterocycles. The van der Waals surface area contributed by atoms with Crippen LogP contribution >= 0.6 is 0 Å². The Hall–Kier alpha value is -1.75. The fourth-order valence-electron chi connectivity index (χ4n) is 1.57. The normalized spacial score (nSPS) is 11.2. The highest BCUT2D eigenvalue weighted by atomic mass is 16.5. The van der Waals surface area contributed by atoms with Crippen molar-refractivity contribution >= 4 is 5.91 Å². The quantitative estimate of drug-likeness (QED) is 0.799. The molecule has 0 bridgehead atoms. The molecule has 5 heteroatoms. The highest BCUT2D eigenvalue weighted by Crippen LogP contribution is 2.28. The Kier molecular flexibility index (Phi) is 5.82. The minimum atomic E-state index is -0.380. The van der Waals surface area contributed by atoms with Crippen LogP contribution in [0.3, 0.4) is 0 Å². The van der Waals surface area contributed by atoms with Crippen molar-refractivity contribution in [1.82, 2.24) is 5.32 Å². The van der Waals surface area contributed by atoms with E-state index >= 15 is 0 Å². The Morgan fingerprint density at radius 2 is 2.00 bits per heavy atom. The third kappa shape index (κ3) is 5.93. The second kappa shape index (κ2) is 7.14. The molecule has 1 rings (SSSR count). The van der Waals surface area contributed by atoms with E-state index in [0.29, 0.717) is 11.5 Å². The Morgan fingerprint density at radius 1 is 1.30 bits per heavy atom. The summed E-state index contributed by atoms with van der Waals surface area (Å²) < 4.78 is 10.8. The van der Waals surface area contributed by atoms with Gasteiger partial charge < -0.3 is 20.5 Å². The van der Waals surface area contributed by atoms with Gasteiger partial charge in [-0.3, -0.25) is 4.79 Å². The molecular formula is C15H24N2O3. The van der Waals surface area contributed by atoms with Crippen LogP contribution in [0.5, 0.6) is 11.5 Å². The van der Waals surface area contributed by atoms with Gasteiger partial charge in [-0.15, -0.1) is 0 Å². The first kappa shape index (κ1) is 16.3. The van der Waals surface area contributed by atoms with Crippen molar-refractivity contribution in [2.45, 2.75) is 39.3 Å². The molecule has 0 aromatic heterocycles. The van der Waals surface area contributed by atoms with Crippen molar-refractivity contribution in [3.05, 3.63) is 23.8 Å². The number of hydrogen-bond acceptors (Lipinski definition) is 4. The molecule has 1 amide bonds. The van der Waals surface area contributed by atoms with Crippen LogP contribution in [-0.2, 0) is 11.3 Å². The summed E-state index contributed by atoms with van der Waals surface area (Å²) in [5.41, 5.74) is 6.24. The van der Waals surface area contributed by atoms with Crippen molar-refractivity contribution < 1.29 is 14.3 Å². The summed E-state index contributed by atoms with van der Waals surface area (Å²) in [6.07, 6.45) is 0.191. The first-order chi connectivity index (χ1) is 9.31. The van der Waals surface area contributed by atoms with Gasteiger partial charge in [0, 0.05) is 12.1 Å². The van der Waals surface area contributed by atoms with E-state index in [-0.39, 0.29) is 24.5 Å². The van der Waals surface area contributed by atoms with E-state index in [9.17, 15) is 4.79 Å². The van der Waals surface area contributed by atoms with Crippen molar-refractivity contribution in [2.75, 3.05) is 13.7 Å². The van der Waals surface area contributed by atoms with Gasteiger partial charge >= 0.3 is 0 Å². The summed E-state index contributed by atoms with van der Waals surface area (Å²) in [6.45, 7) is 7.36. The lowest BCUT2D eigenvalue weighted by Gasteiger charge is -2.21. The predicted molar refractivity (Wildman–Crippen MR) is 78.9 cm³/mol. The Labute approximate surface area is 120 Å². The molecule has 0 heterocycles. The molecule has 0 aliphatic carbocycles. The molecule has 0 radical (unpaired) electrons. The average Bonchev–Trinajstić information content (AvgIpc) is 2.36. The lowest BCUT2D eigenvalue weighted by Crippen LogP contribution is -2.35. The number of nitrogens with one attached hydrogen (secondary N) is 1. The second-order valence-corrected chi connectivity index (χ2v) is 5.65. The number of methoxy groups -OCH3 is 1. The third-order valence-electron chi connectivity index (χ3n) is 2.66. The lowest BCUT2D eigenvalue weighted by molar-refractivity contribution is -0.118. The number of ether oxygens (including phenoxy) is 2. The van der Waals surface area contributed by atoms with E-state index in [1.54, 1.807) is 7.11 Å². The van der Waals surface area contributed by atoms with Crippen LogP contribution < -0.4 is 20.5 Å². The number of benzene rings is 1. The smallest absolute Gasteiger partial charge is 0.220 e. The molecule has 0 atom stereocenters. The molecule has 112 valence electrons. The molecule has 1 aromatic rings. The topological polar surface area (TPSA) is 73.6 Å². The molecule has 0 unspecified atom stereocenters. The van der Waals surface area contributed by atoms with Crippen molar-refractivity contribution in [2.24, 2.45) is 5.73 Å². The molecule has 5 nitrogen and oxygen atoms in total. The van der Waals surface area contributed by atoms with Crippen LogP contribution in [0, 0.1) is 0 Å². The maximum Gasteiger partial charge on any atom is 0.220 e. The van der Waals surface area contributed by atoms with E-state index in [4.69, 9.17) is 15.2 Å². The third-order valence-corrected chi connectivity index (χ3v) is 2.66. The zero-order chi connectivity index (χ0) is 15.2. The Bertz CT molecular complexity index is 453. The number of carbonyl (C=O) groups excluding carboxylic acids is 1. The molecule has 3 N–H and O–H groups in total. The first-order valence-corrected chi connectivity index (χ1v) is 6.65. The summed E-state index contributed by atoms with van der Waals surface area (Å²) >= 11 is 0. The van der Waals surface area contributed by atoms with Crippen LogP contribution in [-0.4, -0.2) is 25.2 Å². The van der Waals surface area contributed by atoms with Crippen molar-refractivity contribution in [1.29, 1.82) is 0 Å². The molecule has 1 aromatic carbocycles. The summed E-state index contributed by atoms with van der Waals surface area (Å²) in [4.78, 5) is 10.7. The van der Waals surface area contributed by atoms with E-state index in [2.05, 4.69) is 26.1 Å². The minimum absolute atomic E-state index is 0.0594. The standard InChI is InChI=1S/C15H24N2O3/c1-15(2,3)17-10-11-5-6-12(13(9-11)19-4)20-8-7-14(16)18/h5-6,9,17H,7-8,10H2,1-4H3,(H2,16,18). The largest absolute Gasteiger partial charge is 0.493 e. The SMILES string of the molecule is COc1cc(CNC(C)(C)C)ccc1OCCC(N)=O. The highest BCUT2D eigenvalue weighted by Gasteiger charge is 2.10. The Morgan fingerprint density at radius 3 is 2.55 bits per heavy atom. The van der Waals surface area contributed by atoms with Gasteiger partial charge in [0.2, 0.25) is 5.91 Å². The number of amides is 1. The monoisotopic (exact) mass is 280 g/mol. The van der Waals surface area contributed by atoms with Gasteiger partial charge in [0.1, 0.15) is 0 Å². The predicted octanol–water partition coefficient (Wildman–Crippen LogP) is 1.84. The number of rotatable bonds is 7. The Balaban J connectivity index is 2.67. The molecule has 0 aliphatic heterocycles. The van der Waals surface area contributed by atoms with Crippen LogP contribution in [0.2, 0.25) is 0 Å². The lowest BCUT2D eigenvalue weighted by atomic mass is 10.1. The molecule has 0 saturated carbocycles. The number of hydrogen-bond donors (Lipinski definition) is 2. The zero-order valence-electron chi connectivity index (χ0n) is 12.7. The molecule has 0 fully saturated rings. The molecule has 0 aliphatic rings. The summed E-state index contributed by atoms with van der Waals surface area (Å²) in [5.74, 6) is 0.894. The van der Waals surface area contributed by atoms with Gasteiger partial charge in [0.15, 0.2) is 11.5 Å². The van der Waals surface area contributed by atoms with Crippen LogP contribution in [0.4, 0.5) is 0 Å². The van der Waals surface area contributed by atoms with Crippen molar-refractivity contribution in [3.63, 3.8) is 0 Å². The van der Waals surface area contributed by atoms with Crippen LogP contribution in [0.25, 0.3) is 0 Å². The molecular weight excluding hydrogens is 256 g/mol.